The van der Waals surface area contributed by atoms with Crippen LogP contribution in [0.15, 0.2) is 6.07 Å². The van der Waals surface area contributed by atoms with E-state index in [4.69, 9.17) is 0 Å². The highest BCUT2D eigenvalue weighted by molar-refractivity contribution is 5.83. The number of nitrogens with zero attached hydrogens (tertiary/aromatic N) is 4. The number of aryl methyl sites for hydroxylation is 2. The van der Waals surface area contributed by atoms with Crippen molar-refractivity contribution in [1.29, 1.82) is 0 Å². The maximum atomic E-state index is 12.6. The molecular weight excluding hydrogens is 294 g/mol. The van der Waals surface area contributed by atoms with Gasteiger partial charge in [0.2, 0.25) is 11.8 Å². The average molecular weight is 321 g/mol. The first-order chi connectivity index (χ1) is 10.8. The molecule has 7 nitrogen and oxygen atoms in total. The minimum atomic E-state index is -0.293. The molecule has 0 radical (unpaired) electrons. The predicted octanol–water partition coefficient (Wildman–Crippen LogP) is 0.167. The Balaban J connectivity index is 2.07. The number of piperazine rings is 1. The lowest BCUT2D eigenvalue weighted by Gasteiger charge is -2.42. The van der Waals surface area contributed by atoms with Gasteiger partial charge in [-0.05, 0) is 33.8 Å². The number of hydrogen-bond acceptors (Lipinski definition) is 4. The van der Waals surface area contributed by atoms with E-state index in [1.54, 1.807) is 16.6 Å². The lowest BCUT2D eigenvalue weighted by atomic mass is 10.1. The van der Waals surface area contributed by atoms with Crippen LogP contribution in [0.1, 0.15) is 25.2 Å². The number of carbonyl (C=O) groups is 2. The molecule has 23 heavy (non-hydrogen) atoms. The summed E-state index contributed by atoms with van der Waals surface area (Å²) < 4.78 is 1.72. The van der Waals surface area contributed by atoms with Gasteiger partial charge >= 0.3 is 0 Å². The molecular formula is C16H27N5O2. The van der Waals surface area contributed by atoms with Crippen LogP contribution in [-0.2, 0) is 16.1 Å². The van der Waals surface area contributed by atoms with Crippen LogP contribution in [0.2, 0.25) is 0 Å². The van der Waals surface area contributed by atoms with Crippen molar-refractivity contribution in [3.05, 3.63) is 17.5 Å². The van der Waals surface area contributed by atoms with Gasteiger partial charge in [0.05, 0.1) is 5.69 Å². The summed E-state index contributed by atoms with van der Waals surface area (Å²) in [6, 6.07) is 1.93. The molecule has 0 unspecified atom stereocenters. The third kappa shape index (κ3) is 3.90. The lowest BCUT2D eigenvalue weighted by Crippen LogP contribution is -2.61. The summed E-state index contributed by atoms with van der Waals surface area (Å²) in [6.45, 7) is 10.0. The minimum Gasteiger partial charge on any atom is -0.358 e. The highest BCUT2D eigenvalue weighted by Gasteiger charge is 2.35. The standard InChI is InChI=1S/C16H27N5O2/c1-11(2)20-7-6-19(9-14(20)16(23)17-5)15(22)10-21-13(4)8-12(3)18-21/h8,11,14H,6-7,9-10H2,1-5H3,(H,17,23)/t14-/m0/s1. The van der Waals surface area contributed by atoms with Crippen LogP contribution in [0.25, 0.3) is 0 Å². The number of amides is 2. The second-order valence-electron chi connectivity index (χ2n) is 6.39. The van der Waals surface area contributed by atoms with E-state index >= 15 is 0 Å². The summed E-state index contributed by atoms with van der Waals surface area (Å²) in [5.74, 6) is -0.0316. The second-order valence-corrected chi connectivity index (χ2v) is 6.39. The topological polar surface area (TPSA) is 70.5 Å². The van der Waals surface area contributed by atoms with Gasteiger partial charge in [0.1, 0.15) is 12.6 Å². The van der Waals surface area contributed by atoms with Crippen molar-refractivity contribution in [2.75, 3.05) is 26.7 Å². The smallest absolute Gasteiger partial charge is 0.244 e. The Bertz CT molecular complexity index is 581. The third-order valence-corrected chi connectivity index (χ3v) is 4.38. The summed E-state index contributed by atoms with van der Waals surface area (Å²) in [5, 5.41) is 7.04. The maximum absolute atomic E-state index is 12.6. The molecule has 1 fully saturated rings. The van der Waals surface area contributed by atoms with Gasteiger partial charge in [-0.2, -0.15) is 5.10 Å². The molecule has 1 saturated heterocycles. The fraction of sp³-hybridized carbons (Fsp3) is 0.688. The molecule has 1 aromatic rings. The Kier molecular flexibility index (Phi) is 5.41. The summed E-state index contributed by atoms with van der Waals surface area (Å²) in [7, 11) is 1.64. The van der Waals surface area contributed by atoms with Crippen molar-refractivity contribution in [3.63, 3.8) is 0 Å². The number of carbonyl (C=O) groups excluding carboxylic acids is 2. The fourth-order valence-electron chi connectivity index (χ4n) is 3.10. The van der Waals surface area contributed by atoms with Gasteiger partial charge < -0.3 is 10.2 Å². The van der Waals surface area contributed by atoms with Gasteiger partial charge in [0.25, 0.3) is 0 Å². The van der Waals surface area contributed by atoms with Gasteiger partial charge in [-0.25, -0.2) is 0 Å². The number of hydrogen-bond donors (Lipinski definition) is 1. The zero-order valence-electron chi connectivity index (χ0n) is 14.7. The van der Waals surface area contributed by atoms with E-state index in [-0.39, 0.29) is 30.4 Å². The van der Waals surface area contributed by atoms with Crippen LogP contribution in [0.3, 0.4) is 0 Å². The molecule has 0 saturated carbocycles. The van der Waals surface area contributed by atoms with E-state index in [1.165, 1.54) is 0 Å². The van der Waals surface area contributed by atoms with Gasteiger partial charge in [-0.15, -0.1) is 0 Å². The molecule has 0 aliphatic carbocycles. The molecule has 2 amide bonds. The molecule has 1 N–H and O–H groups in total. The molecule has 7 heteroatoms. The monoisotopic (exact) mass is 321 g/mol. The number of aromatic nitrogens is 2. The molecule has 0 aromatic carbocycles. The first kappa shape index (κ1) is 17.5. The van der Waals surface area contributed by atoms with E-state index in [2.05, 4.69) is 29.2 Å². The Morgan fingerprint density at radius 2 is 2.04 bits per heavy atom. The summed E-state index contributed by atoms with van der Waals surface area (Å²) in [4.78, 5) is 28.7. The Labute approximate surface area is 137 Å². The van der Waals surface area contributed by atoms with Crippen LogP contribution in [0.4, 0.5) is 0 Å². The van der Waals surface area contributed by atoms with E-state index in [0.29, 0.717) is 19.6 Å². The molecule has 1 aliphatic rings. The van der Waals surface area contributed by atoms with Crippen LogP contribution in [0.5, 0.6) is 0 Å². The average Bonchev–Trinajstić information content (AvgIpc) is 2.83. The van der Waals surface area contributed by atoms with Crippen molar-refractivity contribution >= 4 is 11.8 Å². The van der Waals surface area contributed by atoms with Gasteiger partial charge in [-0.3, -0.25) is 19.2 Å². The molecule has 1 atom stereocenters. The summed E-state index contributed by atoms with van der Waals surface area (Å²) >= 11 is 0. The quantitative estimate of drug-likeness (QED) is 0.858. The highest BCUT2D eigenvalue weighted by Crippen LogP contribution is 2.14. The summed E-state index contributed by atoms with van der Waals surface area (Å²) in [6.07, 6.45) is 0. The van der Waals surface area contributed by atoms with Crippen LogP contribution < -0.4 is 5.32 Å². The number of nitrogens with one attached hydrogen (secondary N) is 1. The van der Waals surface area contributed by atoms with Crippen molar-refractivity contribution in [2.24, 2.45) is 0 Å². The SMILES string of the molecule is CNC(=O)[C@@H]1CN(C(=O)Cn2nc(C)cc2C)CCN1C(C)C. The van der Waals surface area contributed by atoms with Crippen LogP contribution in [0, 0.1) is 13.8 Å². The predicted molar refractivity (Wildman–Crippen MR) is 88.0 cm³/mol. The molecule has 1 aliphatic heterocycles. The minimum absolute atomic E-state index is 0.00788. The first-order valence-corrected chi connectivity index (χ1v) is 8.09. The Morgan fingerprint density at radius 3 is 2.57 bits per heavy atom. The zero-order valence-corrected chi connectivity index (χ0v) is 14.7. The van der Waals surface area contributed by atoms with E-state index in [9.17, 15) is 9.59 Å². The van der Waals surface area contributed by atoms with E-state index < -0.39 is 0 Å². The molecule has 0 bridgehead atoms. The molecule has 128 valence electrons. The van der Waals surface area contributed by atoms with Crippen molar-refractivity contribution in [2.45, 2.75) is 46.3 Å². The molecule has 2 rings (SSSR count). The van der Waals surface area contributed by atoms with Crippen molar-refractivity contribution in [3.8, 4) is 0 Å². The molecule has 2 heterocycles. The van der Waals surface area contributed by atoms with Gasteiger partial charge in [-0.1, -0.05) is 0 Å². The van der Waals surface area contributed by atoms with E-state index in [0.717, 1.165) is 11.4 Å². The molecule has 0 spiro atoms. The first-order valence-electron chi connectivity index (χ1n) is 8.09. The van der Waals surface area contributed by atoms with Gasteiger partial charge in [0.15, 0.2) is 0 Å². The normalized spacial score (nSPS) is 19.2. The summed E-state index contributed by atoms with van der Waals surface area (Å²) in [5.41, 5.74) is 1.88. The largest absolute Gasteiger partial charge is 0.358 e. The third-order valence-electron chi connectivity index (χ3n) is 4.38. The lowest BCUT2D eigenvalue weighted by molar-refractivity contribution is -0.139. The van der Waals surface area contributed by atoms with Gasteiger partial charge in [0, 0.05) is 38.4 Å². The second kappa shape index (κ2) is 7.12. The highest BCUT2D eigenvalue weighted by atomic mass is 16.2. The fourth-order valence-corrected chi connectivity index (χ4v) is 3.10. The van der Waals surface area contributed by atoms with Crippen molar-refractivity contribution in [1.82, 2.24) is 24.9 Å². The number of rotatable bonds is 4. The Hall–Kier alpha value is -1.89. The maximum Gasteiger partial charge on any atom is 0.244 e. The zero-order chi connectivity index (χ0) is 17.1. The van der Waals surface area contributed by atoms with Crippen molar-refractivity contribution < 1.29 is 9.59 Å². The van der Waals surface area contributed by atoms with Crippen LogP contribution in [-0.4, -0.2) is 70.2 Å². The number of likely N-dealkylation sites (N-methyl/N-ethyl adjacent to an activating group) is 1. The molecule has 1 aromatic heterocycles. The van der Waals surface area contributed by atoms with Crippen LogP contribution >= 0.6 is 0 Å². The van der Waals surface area contributed by atoms with E-state index in [1.807, 2.05) is 19.9 Å². The Morgan fingerprint density at radius 1 is 1.35 bits per heavy atom.